The summed E-state index contributed by atoms with van der Waals surface area (Å²) in [4.78, 5) is 11.9. The van der Waals surface area contributed by atoms with Crippen LogP contribution in [0.1, 0.15) is 38.5 Å². The molecular weight excluding hydrogens is 220 g/mol. The fourth-order valence-electron chi connectivity index (χ4n) is 2.63. The molecule has 2 rings (SSSR count). The Morgan fingerprint density at radius 1 is 1.29 bits per heavy atom. The summed E-state index contributed by atoms with van der Waals surface area (Å²) in [6, 6.07) is -0.100. The summed E-state index contributed by atoms with van der Waals surface area (Å²) in [5.74, 6) is -0.0908. The van der Waals surface area contributed by atoms with Crippen molar-refractivity contribution in [2.24, 2.45) is 5.73 Å². The van der Waals surface area contributed by atoms with Gasteiger partial charge >= 0.3 is 0 Å². The standard InChI is InChI=1S/C12H22N2O3/c13-7-8-5-6-11(17-8)12(16)14-9-3-1-2-4-10(9)15/h8-11,15H,1-7,13H2,(H,14,16)/t8?,9-,10-,11?/m0/s1. The molecule has 5 heteroatoms. The van der Waals surface area contributed by atoms with Crippen molar-refractivity contribution >= 4 is 5.91 Å². The van der Waals surface area contributed by atoms with Crippen LogP contribution in [0.15, 0.2) is 0 Å². The average Bonchev–Trinajstić information content (AvgIpc) is 2.81. The van der Waals surface area contributed by atoms with Crippen molar-refractivity contribution in [1.29, 1.82) is 0 Å². The van der Waals surface area contributed by atoms with Crippen LogP contribution >= 0.6 is 0 Å². The summed E-state index contributed by atoms with van der Waals surface area (Å²) in [7, 11) is 0. The van der Waals surface area contributed by atoms with Gasteiger partial charge in [0.2, 0.25) is 5.91 Å². The van der Waals surface area contributed by atoms with Gasteiger partial charge in [0.1, 0.15) is 6.10 Å². The number of carbonyl (C=O) groups excluding carboxylic acids is 1. The largest absolute Gasteiger partial charge is 0.391 e. The molecule has 1 aliphatic heterocycles. The van der Waals surface area contributed by atoms with Crippen molar-refractivity contribution in [2.45, 2.75) is 62.9 Å². The summed E-state index contributed by atoms with van der Waals surface area (Å²) in [6.45, 7) is 0.468. The molecule has 1 saturated heterocycles. The van der Waals surface area contributed by atoms with Crippen LogP contribution in [0.4, 0.5) is 0 Å². The molecule has 1 amide bonds. The van der Waals surface area contributed by atoms with Crippen LogP contribution in [-0.4, -0.2) is 41.9 Å². The lowest BCUT2D eigenvalue weighted by Gasteiger charge is -2.29. The second-order valence-corrected chi connectivity index (χ2v) is 5.03. The van der Waals surface area contributed by atoms with E-state index in [0.717, 1.165) is 38.5 Å². The molecule has 0 spiro atoms. The minimum absolute atomic E-state index is 0.0158. The predicted octanol–water partition coefficient (Wildman–Crippen LogP) is -0.0876. The summed E-state index contributed by atoms with van der Waals surface area (Å²) in [6.07, 6.45) is 4.57. The average molecular weight is 242 g/mol. The Hall–Kier alpha value is -0.650. The Kier molecular flexibility index (Phi) is 4.36. The third-order valence-electron chi connectivity index (χ3n) is 3.72. The highest BCUT2D eigenvalue weighted by Crippen LogP contribution is 2.21. The number of rotatable bonds is 3. The fraction of sp³-hybridized carbons (Fsp3) is 0.917. The summed E-state index contributed by atoms with van der Waals surface area (Å²) in [5.41, 5.74) is 5.51. The van der Waals surface area contributed by atoms with Crippen LogP contribution in [0.3, 0.4) is 0 Å². The number of hydrogen-bond acceptors (Lipinski definition) is 4. The lowest BCUT2D eigenvalue weighted by Crippen LogP contribution is -2.48. The highest BCUT2D eigenvalue weighted by atomic mass is 16.5. The number of nitrogens with one attached hydrogen (secondary N) is 1. The van der Waals surface area contributed by atoms with E-state index in [-0.39, 0.29) is 24.2 Å². The molecule has 2 fully saturated rings. The van der Waals surface area contributed by atoms with Crippen molar-refractivity contribution in [3.63, 3.8) is 0 Å². The summed E-state index contributed by atoms with van der Waals surface area (Å²) in [5, 5.41) is 12.7. The van der Waals surface area contributed by atoms with Crippen LogP contribution in [-0.2, 0) is 9.53 Å². The molecule has 17 heavy (non-hydrogen) atoms. The Morgan fingerprint density at radius 2 is 2.06 bits per heavy atom. The normalized spacial score (nSPS) is 38.0. The Bertz CT molecular complexity index is 272. The molecule has 0 bridgehead atoms. The smallest absolute Gasteiger partial charge is 0.249 e. The molecule has 4 N–H and O–H groups in total. The number of hydrogen-bond donors (Lipinski definition) is 3. The van der Waals surface area contributed by atoms with E-state index < -0.39 is 6.10 Å². The first-order chi connectivity index (χ1) is 8.20. The van der Waals surface area contributed by atoms with E-state index in [4.69, 9.17) is 10.5 Å². The minimum atomic E-state index is -0.403. The Labute approximate surface area is 102 Å². The van der Waals surface area contributed by atoms with E-state index >= 15 is 0 Å². The Balaban J connectivity index is 1.80. The van der Waals surface area contributed by atoms with Gasteiger partial charge in [-0.15, -0.1) is 0 Å². The maximum Gasteiger partial charge on any atom is 0.249 e. The second kappa shape index (κ2) is 5.80. The molecule has 0 radical (unpaired) electrons. The zero-order valence-electron chi connectivity index (χ0n) is 10.1. The summed E-state index contributed by atoms with van der Waals surface area (Å²) < 4.78 is 5.53. The topological polar surface area (TPSA) is 84.6 Å². The van der Waals surface area contributed by atoms with Gasteiger partial charge < -0.3 is 20.9 Å². The molecule has 2 unspecified atom stereocenters. The molecule has 0 aromatic rings. The van der Waals surface area contributed by atoms with Gasteiger partial charge in [0, 0.05) is 6.54 Å². The van der Waals surface area contributed by atoms with Crippen molar-refractivity contribution in [3.8, 4) is 0 Å². The number of nitrogens with two attached hydrogens (primary N) is 1. The SMILES string of the molecule is NCC1CCC(C(=O)N[C@H]2CCCC[C@@H]2O)O1. The third kappa shape index (κ3) is 3.18. The van der Waals surface area contributed by atoms with Crippen molar-refractivity contribution in [1.82, 2.24) is 5.32 Å². The van der Waals surface area contributed by atoms with Crippen molar-refractivity contribution < 1.29 is 14.6 Å². The van der Waals surface area contributed by atoms with Crippen LogP contribution in [0, 0.1) is 0 Å². The second-order valence-electron chi connectivity index (χ2n) is 5.03. The Morgan fingerprint density at radius 3 is 2.71 bits per heavy atom. The third-order valence-corrected chi connectivity index (χ3v) is 3.72. The van der Waals surface area contributed by atoms with E-state index in [0.29, 0.717) is 6.54 Å². The van der Waals surface area contributed by atoms with E-state index in [2.05, 4.69) is 5.32 Å². The monoisotopic (exact) mass is 242 g/mol. The lowest BCUT2D eigenvalue weighted by atomic mass is 9.92. The van der Waals surface area contributed by atoms with Crippen molar-refractivity contribution in [2.75, 3.05) is 6.54 Å². The molecule has 2 aliphatic rings. The highest BCUT2D eigenvalue weighted by Gasteiger charge is 2.32. The molecule has 4 atom stereocenters. The number of aliphatic hydroxyl groups is 1. The van der Waals surface area contributed by atoms with Gasteiger partial charge in [-0.1, -0.05) is 12.8 Å². The van der Waals surface area contributed by atoms with Gasteiger partial charge in [0.25, 0.3) is 0 Å². The zero-order valence-corrected chi connectivity index (χ0v) is 10.1. The molecule has 1 heterocycles. The first kappa shape index (κ1) is 12.8. The molecular formula is C12H22N2O3. The van der Waals surface area contributed by atoms with Crippen LogP contribution in [0.2, 0.25) is 0 Å². The minimum Gasteiger partial charge on any atom is -0.391 e. The van der Waals surface area contributed by atoms with Crippen LogP contribution < -0.4 is 11.1 Å². The van der Waals surface area contributed by atoms with Crippen LogP contribution in [0.5, 0.6) is 0 Å². The van der Waals surface area contributed by atoms with Gasteiger partial charge in [-0.25, -0.2) is 0 Å². The predicted molar refractivity (Wildman–Crippen MR) is 63.4 cm³/mol. The number of carbonyl (C=O) groups is 1. The number of aliphatic hydroxyl groups excluding tert-OH is 1. The fourth-order valence-corrected chi connectivity index (χ4v) is 2.63. The quantitative estimate of drug-likeness (QED) is 0.646. The maximum atomic E-state index is 11.9. The first-order valence-electron chi connectivity index (χ1n) is 6.54. The van der Waals surface area contributed by atoms with Gasteiger partial charge in [-0.2, -0.15) is 0 Å². The van der Waals surface area contributed by atoms with Crippen LogP contribution in [0.25, 0.3) is 0 Å². The highest BCUT2D eigenvalue weighted by molar-refractivity contribution is 5.81. The van der Waals surface area contributed by atoms with Gasteiger partial charge in [-0.05, 0) is 25.7 Å². The van der Waals surface area contributed by atoms with Gasteiger partial charge in [0.15, 0.2) is 0 Å². The zero-order chi connectivity index (χ0) is 12.3. The molecule has 0 aromatic carbocycles. The first-order valence-corrected chi connectivity index (χ1v) is 6.54. The molecule has 1 aliphatic carbocycles. The molecule has 98 valence electrons. The van der Waals surface area contributed by atoms with Gasteiger partial charge in [0.05, 0.1) is 18.2 Å². The summed E-state index contributed by atoms with van der Waals surface area (Å²) >= 11 is 0. The maximum absolute atomic E-state index is 11.9. The van der Waals surface area contributed by atoms with E-state index in [9.17, 15) is 9.90 Å². The van der Waals surface area contributed by atoms with E-state index in [1.54, 1.807) is 0 Å². The van der Waals surface area contributed by atoms with E-state index in [1.807, 2.05) is 0 Å². The lowest BCUT2D eigenvalue weighted by molar-refractivity contribution is -0.133. The van der Waals surface area contributed by atoms with E-state index in [1.165, 1.54) is 0 Å². The van der Waals surface area contributed by atoms with Gasteiger partial charge in [-0.3, -0.25) is 4.79 Å². The number of ether oxygens (including phenoxy) is 1. The number of amides is 1. The molecule has 0 aromatic heterocycles. The molecule has 5 nitrogen and oxygen atoms in total. The molecule has 1 saturated carbocycles. The van der Waals surface area contributed by atoms with Crippen molar-refractivity contribution in [3.05, 3.63) is 0 Å².